The van der Waals surface area contributed by atoms with Gasteiger partial charge in [-0.05, 0) is 68.9 Å². The van der Waals surface area contributed by atoms with Gasteiger partial charge in [0.2, 0.25) is 76.8 Å². The van der Waals surface area contributed by atoms with E-state index in [0.29, 0.717) is 59.1 Å². The van der Waals surface area contributed by atoms with Crippen LogP contribution in [0.3, 0.4) is 0 Å². The molecule has 0 saturated carbocycles. The fraction of sp³-hybridized carbons (Fsp3) is 0.658. The maximum absolute atomic E-state index is 14.7. The number of aliphatic hydroxyl groups excluding tert-OH is 2. The second-order valence-electron chi connectivity index (χ2n) is 28.0. The third-order valence-electron chi connectivity index (χ3n) is 18.1. The minimum absolute atomic E-state index is 0.00556. The molecule has 2 aromatic rings. The number of β-amino-alcohol motifs (C(OH)–C–C–N with tert-alkyl or cyclic N) is 1. The van der Waals surface area contributed by atoms with Gasteiger partial charge in [-0.3, -0.25) is 67.3 Å². The zero-order chi connectivity index (χ0) is 83.8. The summed E-state index contributed by atoms with van der Waals surface area (Å²) in [6, 6.07) is 4.03. The standard InChI is InChI=1S/C76H124N16O21/c1-9-11-12-19-25-55(67(78)99)86-73(105)65(51(7)93)89-69(101)57(42-48(3)4)87-72(104)64(49(5)10-2)88-62(97)45-82-71(103)66(53-23-17-14-18-24-53)90-68(100)50(6)83-70(102)59-43-54(94)46-92(59)75(107)58(44-60(77)95)85-63(98)47-91(30-27-52-21-15-13-16-22-52)74(106)56(26-20-29-81-76(79)80)84-61(96)28-31-109-34-35-111-38-39-113-41-40-112-37-36-110-33-32-108-8/h13-18,21-24,48-51,54-59,64-66,93-94H,9-12,19-20,25-47H2,1-8H3,(H2,77,95)(H2,78,99)(H,82,103)(H,83,102)(H,84,96)(H,85,98)(H,86,105)(H,87,104)(H,88,97)(H,89,101)(H,90,100)(H4,79,80,81)/t49-,50-,51+,54+,55-,56-,57-,58-,59-,64-,65-,66-/m0/s1. The number of carbonyl (C=O) groups excluding carboxylic acids is 13. The maximum atomic E-state index is 14.7. The molecule has 0 unspecified atom stereocenters. The highest BCUT2D eigenvalue weighted by molar-refractivity contribution is 6.00. The number of carbonyl (C=O) groups is 13. The number of aliphatic hydroxyl groups is 2. The minimum atomic E-state index is -1.77. The second kappa shape index (κ2) is 55.0. The number of unbranched alkanes of at least 4 members (excludes halogenated alkanes) is 3. The van der Waals surface area contributed by atoms with E-state index < -0.39 is 175 Å². The summed E-state index contributed by atoms with van der Waals surface area (Å²) < 4.78 is 32.4. The summed E-state index contributed by atoms with van der Waals surface area (Å²) in [7, 11) is 1.59. The lowest BCUT2D eigenvalue weighted by atomic mass is 9.96. The monoisotopic (exact) mass is 1600 g/mol. The Labute approximate surface area is 661 Å². The maximum Gasteiger partial charge on any atom is 0.247 e. The topological polar surface area (TPSA) is 549 Å². The van der Waals surface area contributed by atoms with Crippen molar-refractivity contribution in [3.63, 3.8) is 0 Å². The number of hydrogen-bond donors (Lipinski definition) is 15. The van der Waals surface area contributed by atoms with Crippen molar-refractivity contribution in [2.24, 2.45) is 39.8 Å². The van der Waals surface area contributed by atoms with Crippen LogP contribution in [-0.4, -0.2) is 276 Å². The Morgan fingerprint density at radius 2 is 1.15 bits per heavy atom. The predicted molar refractivity (Wildman–Crippen MR) is 415 cm³/mol. The average Bonchev–Trinajstić information content (AvgIpc) is 1.64. The fourth-order valence-electron chi connectivity index (χ4n) is 11.8. The molecule has 19 N–H and O–H groups in total. The number of likely N-dealkylation sites (tertiary alicyclic amines) is 1. The van der Waals surface area contributed by atoms with Crippen molar-refractivity contribution >= 4 is 82.8 Å². The Kier molecular flexibility index (Phi) is 47.6. The van der Waals surface area contributed by atoms with Gasteiger partial charge in [0.05, 0.1) is 104 Å². The lowest BCUT2D eigenvalue weighted by Gasteiger charge is -2.30. The van der Waals surface area contributed by atoms with Crippen LogP contribution < -0.4 is 70.8 Å². The van der Waals surface area contributed by atoms with E-state index in [1.807, 2.05) is 6.92 Å². The molecule has 1 aliphatic heterocycles. The molecule has 1 heterocycles. The molecule has 0 spiro atoms. The summed E-state index contributed by atoms with van der Waals surface area (Å²) in [6.07, 6.45) is 0.125. The first-order valence-electron chi connectivity index (χ1n) is 38.6. The molecule has 0 radical (unpaired) electrons. The Morgan fingerprint density at radius 1 is 0.584 bits per heavy atom. The van der Waals surface area contributed by atoms with Crippen LogP contribution in [-0.2, 0) is 97.2 Å². The van der Waals surface area contributed by atoms with E-state index in [4.69, 9.17) is 51.4 Å². The predicted octanol–water partition coefficient (Wildman–Crippen LogP) is -2.62. The largest absolute Gasteiger partial charge is 0.391 e. The molecule has 37 heteroatoms. The van der Waals surface area contributed by atoms with Gasteiger partial charge in [-0.1, -0.05) is 127 Å². The third-order valence-corrected chi connectivity index (χ3v) is 18.1. The number of guanidine groups is 1. The highest BCUT2D eigenvalue weighted by Crippen LogP contribution is 2.22. The lowest BCUT2D eigenvalue weighted by Crippen LogP contribution is -2.61. The Morgan fingerprint density at radius 3 is 1.71 bits per heavy atom. The Hall–Kier alpha value is -9.50. The number of hydrogen-bond acceptors (Lipinski definition) is 22. The van der Waals surface area contributed by atoms with E-state index in [9.17, 15) is 72.5 Å². The normalized spacial score (nSPS) is 15.9. The number of nitrogens with one attached hydrogen (secondary N) is 9. The highest BCUT2D eigenvalue weighted by Gasteiger charge is 2.44. The summed E-state index contributed by atoms with van der Waals surface area (Å²) >= 11 is 0. The van der Waals surface area contributed by atoms with Crippen molar-refractivity contribution in [3.8, 4) is 0 Å². The summed E-state index contributed by atoms with van der Waals surface area (Å²) in [5.74, 6) is -12.3. The van der Waals surface area contributed by atoms with Gasteiger partial charge in [-0.15, -0.1) is 0 Å². The fourth-order valence-corrected chi connectivity index (χ4v) is 11.8. The second-order valence-corrected chi connectivity index (χ2v) is 28.0. The highest BCUT2D eigenvalue weighted by atomic mass is 16.6. The first kappa shape index (κ1) is 97.7. The van der Waals surface area contributed by atoms with Gasteiger partial charge in [-0.2, -0.15) is 0 Å². The van der Waals surface area contributed by atoms with E-state index in [-0.39, 0.29) is 102 Å². The summed E-state index contributed by atoms with van der Waals surface area (Å²) in [4.78, 5) is 186. The van der Waals surface area contributed by atoms with Gasteiger partial charge in [0, 0.05) is 39.6 Å². The van der Waals surface area contributed by atoms with Crippen LogP contribution in [0.2, 0.25) is 0 Å². The molecule has 0 aliphatic carbocycles. The van der Waals surface area contributed by atoms with Crippen molar-refractivity contribution in [2.75, 3.05) is 113 Å². The lowest BCUT2D eigenvalue weighted by molar-refractivity contribution is -0.144. The molecule has 3 rings (SSSR count). The van der Waals surface area contributed by atoms with Gasteiger partial charge < -0.3 is 119 Å². The van der Waals surface area contributed by atoms with Gasteiger partial charge in [0.25, 0.3) is 0 Å². The number of amides is 13. The first-order chi connectivity index (χ1) is 53.9. The smallest absolute Gasteiger partial charge is 0.247 e. The number of ether oxygens (including phenoxy) is 6. The summed E-state index contributed by atoms with van der Waals surface area (Å²) in [5.41, 5.74) is 23.4. The molecule has 1 saturated heterocycles. The Bertz CT molecular complexity index is 3300. The van der Waals surface area contributed by atoms with E-state index in [0.717, 1.165) is 29.7 Å². The van der Waals surface area contributed by atoms with E-state index >= 15 is 0 Å². The summed E-state index contributed by atoms with van der Waals surface area (Å²) in [6.45, 7) is 13.1. The van der Waals surface area contributed by atoms with E-state index in [1.54, 1.807) is 83.3 Å². The van der Waals surface area contributed by atoms with Crippen molar-refractivity contribution in [2.45, 2.75) is 199 Å². The van der Waals surface area contributed by atoms with Crippen molar-refractivity contribution in [3.05, 3.63) is 71.8 Å². The van der Waals surface area contributed by atoms with Crippen molar-refractivity contribution in [1.29, 1.82) is 0 Å². The number of aliphatic imine (C=N–C) groups is 1. The summed E-state index contributed by atoms with van der Waals surface area (Å²) in [5, 5.41) is 44.8. The third kappa shape index (κ3) is 39.2. The number of primary amides is 2. The average molecular weight is 1600 g/mol. The molecule has 2 aromatic carbocycles. The molecule has 634 valence electrons. The molecule has 0 aromatic heterocycles. The van der Waals surface area contributed by atoms with E-state index in [2.05, 4.69) is 52.8 Å². The zero-order valence-electron chi connectivity index (χ0n) is 66.6. The van der Waals surface area contributed by atoms with Crippen LogP contribution in [0.25, 0.3) is 0 Å². The van der Waals surface area contributed by atoms with E-state index in [1.165, 1.54) is 30.9 Å². The molecule has 113 heavy (non-hydrogen) atoms. The van der Waals surface area contributed by atoms with Crippen molar-refractivity contribution in [1.82, 2.24) is 57.7 Å². The quantitative estimate of drug-likeness (QED) is 0.0183. The van der Waals surface area contributed by atoms with Gasteiger partial charge in [0.15, 0.2) is 5.96 Å². The number of rotatable bonds is 59. The number of benzene rings is 2. The van der Waals surface area contributed by atoms with Gasteiger partial charge >= 0.3 is 0 Å². The zero-order valence-corrected chi connectivity index (χ0v) is 66.6. The van der Waals surface area contributed by atoms with Crippen LogP contribution >= 0.6 is 0 Å². The molecule has 37 nitrogen and oxygen atoms in total. The number of nitrogens with zero attached hydrogens (tertiary/aromatic N) is 3. The molecule has 1 fully saturated rings. The van der Waals surface area contributed by atoms with Crippen LogP contribution in [0.4, 0.5) is 0 Å². The number of nitrogens with two attached hydrogens (primary N) is 4. The molecular weight excluding hydrogens is 1470 g/mol. The SMILES string of the molecule is CCCCCC[C@H](NC(=O)[C@@H](NC(=O)[C@H](CC(C)C)NC(=O)[C@@H](NC(=O)CNC(=O)[C@@H](NC(=O)[C@H](C)NC(=O)[C@@H]1C[C@@H](O)CN1C(=O)[C@H](CC(N)=O)NC(=O)CN(CCc1ccccc1)C(=O)[C@H](CCCN=C(N)N)NC(=O)CCOCCOCCOCCOCCOCCOC)c1ccccc1)[C@@H](C)CC)[C@@H](C)O)C(N)=O. The first-order valence-corrected chi connectivity index (χ1v) is 38.6. The molecule has 0 bridgehead atoms. The number of methoxy groups -OCH3 is 1. The molecular formula is C76H124N16O21. The molecule has 12 atom stereocenters. The van der Waals surface area contributed by atoms with Gasteiger partial charge in [0.1, 0.15) is 54.4 Å². The van der Waals surface area contributed by atoms with Crippen LogP contribution in [0.5, 0.6) is 0 Å². The minimum Gasteiger partial charge on any atom is -0.391 e. The molecule has 1 aliphatic rings. The van der Waals surface area contributed by atoms with Crippen LogP contribution in [0.15, 0.2) is 65.7 Å². The van der Waals surface area contributed by atoms with Gasteiger partial charge in [-0.25, -0.2) is 0 Å². The van der Waals surface area contributed by atoms with Crippen molar-refractivity contribution < 1.29 is 101 Å². The van der Waals surface area contributed by atoms with Crippen LogP contribution in [0, 0.1) is 11.8 Å². The Balaban J connectivity index is 1.74. The van der Waals surface area contributed by atoms with Crippen LogP contribution in [0.1, 0.15) is 143 Å². The molecule has 13 amide bonds.